The van der Waals surface area contributed by atoms with Gasteiger partial charge >= 0.3 is 0 Å². The largest absolute Gasteiger partial charge is 0.361 e. The van der Waals surface area contributed by atoms with Crippen LogP contribution in [-0.4, -0.2) is 34.0 Å². The Labute approximate surface area is 153 Å². The molecule has 0 fully saturated rings. The maximum absolute atomic E-state index is 5.04. The third kappa shape index (κ3) is 5.85. The van der Waals surface area contributed by atoms with Crippen molar-refractivity contribution in [3.63, 3.8) is 0 Å². The first-order chi connectivity index (χ1) is 10.6. The highest BCUT2D eigenvalue weighted by Crippen LogP contribution is 2.05. The zero-order chi connectivity index (χ0) is 15.9. The van der Waals surface area contributed by atoms with Gasteiger partial charge in [0.2, 0.25) is 0 Å². The number of halogens is 1. The van der Waals surface area contributed by atoms with Gasteiger partial charge in [-0.15, -0.1) is 24.0 Å². The Morgan fingerprint density at radius 2 is 2.13 bits per heavy atom. The molecule has 0 aromatic carbocycles. The summed E-state index contributed by atoms with van der Waals surface area (Å²) < 4.78 is 6.93. The van der Waals surface area contributed by atoms with Crippen LogP contribution in [-0.2, 0) is 20.0 Å². The summed E-state index contributed by atoms with van der Waals surface area (Å²) >= 11 is 0. The van der Waals surface area contributed by atoms with Gasteiger partial charge in [-0.05, 0) is 32.8 Å². The summed E-state index contributed by atoms with van der Waals surface area (Å²) in [5.41, 5.74) is 3.28. The van der Waals surface area contributed by atoms with Crippen LogP contribution in [0.25, 0.3) is 0 Å². The molecule has 0 atom stereocenters. The minimum Gasteiger partial charge on any atom is -0.361 e. The van der Waals surface area contributed by atoms with Crippen molar-refractivity contribution < 1.29 is 4.52 Å². The predicted molar refractivity (Wildman–Crippen MR) is 101 cm³/mol. The van der Waals surface area contributed by atoms with Crippen LogP contribution in [0.1, 0.15) is 29.6 Å². The Bertz CT molecular complexity index is 634. The minimum absolute atomic E-state index is 0. The lowest BCUT2D eigenvalue weighted by Gasteiger charge is -2.10. The number of nitrogens with one attached hydrogen (secondary N) is 2. The van der Waals surface area contributed by atoms with E-state index in [9.17, 15) is 0 Å². The third-order valence-corrected chi connectivity index (χ3v) is 3.44. The maximum Gasteiger partial charge on any atom is 0.191 e. The zero-order valence-corrected chi connectivity index (χ0v) is 16.4. The fourth-order valence-corrected chi connectivity index (χ4v) is 2.10. The lowest BCUT2D eigenvalue weighted by molar-refractivity contribution is 0.391. The van der Waals surface area contributed by atoms with Crippen LogP contribution in [0.15, 0.2) is 21.8 Å². The molecule has 8 heteroatoms. The summed E-state index contributed by atoms with van der Waals surface area (Å²) in [4.78, 5) is 4.51. The van der Waals surface area contributed by atoms with Gasteiger partial charge in [-0.1, -0.05) is 5.16 Å². The molecule has 0 radical (unpaired) electrons. The molecule has 0 spiro atoms. The van der Waals surface area contributed by atoms with Crippen LogP contribution in [0.4, 0.5) is 0 Å². The fourth-order valence-electron chi connectivity index (χ4n) is 2.10. The van der Waals surface area contributed by atoms with Crippen molar-refractivity contribution in [2.24, 2.45) is 12.0 Å². The van der Waals surface area contributed by atoms with Crippen molar-refractivity contribution >= 4 is 29.9 Å². The third-order valence-electron chi connectivity index (χ3n) is 3.44. The Morgan fingerprint density at radius 1 is 1.35 bits per heavy atom. The second-order valence-corrected chi connectivity index (χ2v) is 5.18. The average Bonchev–Trinajstić information content (AvgIpc) is 3.05. The molecule has 2 aromatic rings. The van der Waals surface area contributed by atoms with Gasteiger partial charge in [0.15, 0.2) is 5.96 Å². The standard InChI is InChI=1S/C15H24N6O.HI/c1-5-16-15(18-10-14-8-11(2)22-20-14)17-7-6-13-9-19-21(4)12(13)3;/h8-9H,5-7,10H2,1-4H3,(H2,16,17,18);1H. The molecule has 0 saturated heterocycles. The van der Waals surface area contributed by atoms with E-state index in [-0.39, 0.29) is 24.0 Å². The number of aryl methyl sites for hydroxylation is 2. The van der Waals surface area contributed by atoms with E-state index in [4.69, 9.17) is 4.52 Å². The molecule has 23 heavy (non-hydrogen) atoms. The van der Waals surface area contributed by atoms with Gasteiger partial charge in [-0.25, -0.2) is 4.99 Å². The highest BCUT2D eigenvalue weighted by atomic mass is 127. The summed E-state index contributed by atoms with van der Waals surface area (Å²) in [6, 6.07) is 1.89. The van der Waals surface area contributed by atoms with Gasteiger partial charge in [0.05, 0.1) is 12.7 Å². The van der Waals surface area contributed by atoms with E-state index in [2.05, 4.69) is 32.8 Å². The highest BCUT2D eigenvalue weighted by Gasteiger charge is 2.05. The van der Waals surface area contributed by atoms with E-state index in [1.54, 1.807) is 0 Å². The topological polar surface area (TPSA) is 80.3 Å². The Hall–Kier alpha value is -1.58. The number of aromatic nitrogens is 3. The first kappa shape index (κ1) is 19.5. The molecule has 2 heterocycles. The van der Waals surface area contributed by atoms with E-state index in [1.165, 1.54) is 11.3 Å². The lowest BCUT2D eigenvalue weighted by Crippen LogP contribution is -2.38. The van der Waals surface area contributed by atoms with Crippen LogP contribution in [0.5, 0.6) is 0 Å². The molecule has 0 aliphatic rings. The second kappa shape index (κ2) is 9.53. The van der Waals surface area contributed by atoms with Gasteiger partial charge in [-0.3, -0.25) is 4.68 Å². The molecule has 0 bridgehead atoms. The Kier molecular flexibility index (Phi) is 8.07. The molecule has 0 amide bonds. The minimum atomic E-state index is 0. The number of aliphatic imine (C=N–C) groups is 1. The summed E-state index contributed by atoms with van der Waals surface area (Å²) in [5, 5.41) is 14.7. The van der Waals surface area contributed by atoms with Crippen molar-refractivity contribution in [3.05, 3.63) is 35.0 Å². The average molecular weight is 432 g/mol. The molecule has 0 saturated carbocycles. The molecule has 0 aliphatic heterocycles. The molecule has 2 N–H and O–H groups in total. The first-order valence-electron chi connectivity index (χ1n) is 7.52. The normalized spacial score (nSPS) is 11.2. The first-order valence-corrected chi connectivity index (χ1v) is 7.52. The molecule has 7 nitrogen and oxygen atoms in total. The predicted octanol–water partition coefficient (Wildman–Crippen LogP) is 1.94. The van der Waals surface area contributed by atoms with E-state index < -0.39 is 0 Å². The van der Waals surface area contributed by atoms with Gasteiger partial charge in [-0.2, -0.15) is 5.10 Å². The zero-order valence-electron chi connectivity index (χ0n) is 14.1. The van der Waals surface area contributed by atoms with Crippen LogP contribution in [0.3, 0.4) is 0 Å². The van der Waals surface area contributed by atoms with E-state index >= 15 is 0 Å². The van der Waals surface area contributed by atoms with Crippen molar-refractivity contribution in [3.8, 4) is 0 Å². The van der Waals surface area contributed by atoms with Crippen molar-refractivity contribution in [1.29, 1.82) is 0 Å². The van der Waals surface area contributed by atoms with E-state index in [1.807, 2.05) is 37.8 Å². The van der Waals surface area contributed by atoms with Gasteiger partial charge in [0, 0.05) is 31.9 Å². The molecule has 128 valence electrons. The van der Waals surface area contributed by atoms with Gasteiger partial charge < -0.3 is 15.2 Å². The van der Waals surface area contributed by atoms with E-state index in [0.29, 0.717) is 6.54 Å². The fraction of sp³-hybridized carbons (Fsp3) is 0.533. The number of guanidine groups is 1. The summed E-state index contributed by atoms with van der Waals surface area (Å²) in [7, 11) is 1.96. The maximum atomic E-state index is 5.04. The van der Waals surface area contributed by atoms with Crippen molar-refractivity contribution in [1.82, 2.24) is 25.6 Å². The second-order valence-electron chi connectivity index (χ2n) is 5.18. The Balaban J connectivity index is 0.00000264. The molecule has 2 aromatic heterocycles. The van der Waals surface area contributed by atoms with Crippen LogP contribution >= 0.6 is 24.0 Å². The van der Waals surface area contributed by atoms with Crippen LogP contribution < -0.4 is 10.6 Å². The van der Waals surface area contributed by atoms with Crippen molar-refractivity contribution in [2.45, 2.75) is 33.7 Å². The van der Waals surface area contributed by atoms with Gasteiger partial charge in [0.25, 0.3) is 0 Å². The lowest BCUT2D eigenvalue weighted by atomic mass is 10.2. The summed E-state index contributed by atoms with van der Waals surface area (Å²) in [6.45, 7) is 8.11. The molecular formula is C15H25IN6O. The van der Waals surface area contributed by atoms with Crippen LogP contribution in [0, 0.1) is 13.8 Å². The Morgan fingerprint density at radius 3 is 2.70 bits per heavy atom. The van der Waals surface area contributed by atoms with E-state index in [0.717, 1.165) is 36.9 Å². The quantitative estimate of drug-likeness (QED) is 0.415. The SMILES string of the molecule is CCNC(=NCc1cc(C)on1)NCCc1cnn(C)c1C.I. The van der Waals surface area contributed by atoms with Gasteiger partial charge in [0.1, 0.15) is 11.5 Å². The summed E-state index contributed by atoms with van der Waals surface area (Å²) in [6.07, 6.45) is 2.83. The number of rotatable bonds is 6. The monoisotopic (exact) mass is 432 g/mol. The smallest absolute Gasteiger partial charge is 0.191 e. The molecule has 0 aliphatic carbocycles. The number of hydrogen-bond acceptors (Lipinski definition) is 4. The molecule has 0 unspecified atom stereocenters. The summed E-state index contributed by atoms with van der Waals surface area (Å²) in [5.74, 6) is 1.58. The molecule has 2 rings (SSSR count). The molecular weight excluding hydrogens is 407 g/mol. The van der Waals surface area contributed by atoms with Crippen LogP contribution in [0.2, 0.25) is 0 Å². The van der Waals surface area contributed by atoms with Crippen molar-refractivity contribution in [2.75, 3.05) is 13.1 Å². The highest BCUT2D eigenvalue weighted by molar-refractivity contribution is 14.0. The number of hydrogen-bond donors (Lipinski definition) is 2. The number of nitrogens with zero attached hydrogens (tertiary/aromatic N) is 4.